The number of nitrogens with one attached hydrogen (secondary N) is 1. The van der Waals surface area contributed by atoms with Gasteiger partial charge in [-0.2, -0.15) is 5.10 Å². The molecule has 1 amide bonds. The highest BCUT2D eigenvalue weighted by Gasteiger charge is 2.23. The van der Waals surface area contributed by atoms with Crippen LogP contribution in [0, 0.1) is 0 Å². The Morgan fingerprint density at radius 1 is 1.00 bits per heavy atom. The number of carbonyl (C=O) groups is 1. The Hall–Kier alpha value is -3.85. The van der Waals surface area contributed by atoms with Crippen LogP contribution in [0.3, 0.4) is 0 Å². The second-order valence-corrected chi connectivity index (χ2v) is 8.41. The van der Waals surface area contributed by atoms with E-state index in [1.54, 1.807) is 11.1 Å². The number of hydrogen-bond acceptors (Lipinski definition) is 6. The van der Waals surface area contributed by atoms with E-state index in [2.05, 4.69) is 15.0 Å². The molecule has 0 aliphatic carbocycles. The molecular formula is C24H23N5O4. The van der Waals surface area contributed by atoms with Gasteiger partial charge in [-0.25, -0.2) is 4.68 Å². The van der Waals surface area contributed by atoms with Gasteiger partial charge in [-0.1, -0.05) is 24.3 Å². The summed E-state index contributed by atoms with van der Waals surface area (Å²) < 4.78 is 12.1. The number of amides is 1. The fourth-order valence-electron chi connectivity index (χ4n) is 4.57. The number of fused-ring (bicyclic) bond motifs is 4. The molecule has 2 aromatic heterocycles. The molecule has 2 aliphatic rings. The highest BCUT2D eigenvalue weighted by atomic mass is 16.7. The van der Waals surface area contributed by atoms with Crippen molar-refractivity contribution in [3.63, 3.8) is 0 Å². The lowest BCUT2D eigenvalue weighted by Gasteiger charge is -2.34. The van der Waals surface area contributed by atoms with Crippen molar-refractivity contribution in [3.8, 4) is 11.5 Å². The van der Waals surface area contributed by atoms with Gasteiger partial charge in [0.2, 0.25) is 12.7 Å². The minimum atomic E-state index is -0.279. The van der Waals surface area contributed by atoms with E-state index >= 15 is 0 Å². The SMILES string of the molecule is O=C(Cn1ncc2c([nH]c3ccccc32)c1=O)N1CCN(Cc2ccc3c(c2)OCO3)CC1. The molecular weight excluding hydrogens is 422 g/mol. The summed E-state index contributed by atoms with van der Waals surface area (Å²) in [5.74, 6) is 1.47. The zero-order chi connectivity index (χ0) is 22.4. The summed E-state index contributed by atoms with van der Waals surface area (Å²) in [6, 6.07) is 13.7. The number of ether oxygens (including phenoxy) is 2. The van der Waals surface area contributed by atoms with Crippen LogP contribution < -0.4 is 15.0 Å². The molecule has 4 aromatic rings. The summed E-state index contributed by atoms with van der Waals surface area (Å²) in [6.07, 6.45) is 1.66. The Bertz CT molecular complexity index is 1420. The summed E-state index contributed by atoms with van der Waals surface area (Å²) in [4.78, 5) is 33.1. The lowest BCUT2D eigenvalue weighted by Crippen LogP contribution is -2.49. The van der Waals surface area contributed by atoms with Crippen molar-refractivity contribution >= 4 is 27.7 Å². The Labute approximate surface area is 189 Å². The molecule has 1 fully saturated rings. The van der Waals surface area contributed by atoms with Crippen LogP contribution in [0.2, 0.25) is 0 Å². The predicted octanol–water partition coefficient (Wildman–Crippen LogP) is 1.95. The largest absolute Gasteiger partial charge is 0.454 e. The second-order valence-electron chi connectivity index (χ2n) is 8.41. The van der Waals surface area contributed by atoms with Crippen molar-refractivity contribution < 1.29 is 14.3 Å². The van der Waals surface area contributed by atoms with Crippen LogP contribution >= 0.6 is 0 Å². The Morgan fingerprint density at radius 3 is 2.70 bits per heavy atom. The van der Waals surface area contributed by atoms with Crippen molar-refractivity contribution in [2.45, 2.75) is 13.1 Å². The summed E-state index contributed by atoms with van der Waals surface area (Å²) in [5, 5.41) is 5.99. The molecule has 0 unspecified atom stereocenters. The molecule has 1 N–H and O–H groups in total. The van der Waals surface area contributed by atoms with Gasteiger partial charge in [0.25, 0.3) is 5.56 Å². The molecule has 2 aliphatic heterocycles. The lowest BCUT2D eigenvalue weighted by atomic mass is 10.1. The summed E-state index contributed by atoms with van der Waals surface area (Å²) >= 11 is 0. The molecule has 0 spiro atoms. The normalized spacial score (nSPS) is 16.1. The number of benzene rings is 2. The van der Waals surface area contributed by atoms with Gasteiger partial charge in [0.15, 0.2) is 11.5 Å². The quantitative estimate of drug-likeness (QED) is 0.516. The first-order chi connectivity index (χ1) is 16.2. The van der Waals surface area contributed by atoms with E-state index in [1.807, 2.05) is 42.5 Å². The monoisotopic (exact) mass is 445 g/mol. The van der Waals surface area contributed by atoms with E-state index in [0.717, 1.165) is 53.0 Å². The zero-order valence-electron chi connectivity index (χ0n) is 18.0. The van der Waals surface area contributed by atoms with E-state index in [9.17, 15) is 9.59 Å². The van der Waals surface area contributed by atoms with Gasteiger partial charge >= 0.3 is 0 Å². The third kappa shape index (κ3) is 3.60. The molecule has 0 radical (unpaired) electrons. The fraction of sp³-hybridized carbons (Fsp3) is 0.292. The van der Waals surface area contributed by atoms with Crippen LogP contribution in [0.4, 0.5) is 0 Å². The summed E-state index contributed by atoms with van der Waals surface area (Å²) in [5.41, 5.74) is 2.24. The van der Waals surface area contributed by atoms with Gasteiger partial charge < -0.3 is 19.4 Å². The van der Waals surface area contributed by atoms with E-state index in [1.165, 1.54) is 4.68 Å². The standard InChI is InChI=1S/C24H23N5O4/c30-22(14-29-24(31)23-18(12-25-29)17-3-1-2-4-19(17)26-23)28-9-7-27(8-10-28)13-16-5-6-20-21(11-16)33-15-32-20/h1-6,11-12,26H,7-10,13-15H2. The first-order valence-corrected chi connectivity index (χ1v) is 11.0. The number of H-pyrrole nitrogens is 1. The molecule has 9 nitrogen and oxygen atoms in total. The molecule has 168 valence electrons. The third-order valence-corrected chi connectivity index (χ3v) is 6.37. The molecule has 2 aromatic carbocycles. The number of aromatic nitrogens is 3. The van der Waals surface area contributed by atoms with E-state index in [4.69, 9.17) is 9.47 Å². The average molecular weight is 445 g/mol. The maximum atomic E-state index is 12.9. The molecule has 0 atom stereocenters. The maximum absolute atomic E-state index is 12.9. The number of aromatic amines is 1. The first-order valence-electron chi connectivity index (χ1n) is 11.0. The number of nitrogens with zero attached hydrogens (tertiary/aromatic N) is 4. The molecule has 0 bridgehead atoms. The Kier molecular flexibility index (Phi) is 4.76. The van der Waals surface area contributed by atoms with Gasteiger partial charge in [0.1, 0.15) is 12.1 Å². The van der Waals surface area contributed by atoms with Crippen molar-refractivity contribution in [1.82, 2.24) is 24.6 Å². The molecule has 6 rings (SSSR count). The second kappa shape index (κ2) is 7.93. The zero-order valence-corrected chi connectivity index (χ0v) is 18.0. The van der Waals surface area contributed by atoms with E-state index in [-0.39, 0.29) is 24.8 Å². The van der Waals surface area contributed by atoms with Gasteiger partial charge in [0, 0.05) is 49.0 Å². The smallest absolute Gasteiger partial charge is 0.291 e. The molecule has 9 heteroatoms. The average Bonchev–Trinajstić information content (AvgIpc) is 3.46. The lowest BCUT2D eigenvalue weighted by molar-refractivity contribution is -0.133. The molecule has 33 heavy (non-hydrogen) atoms. The summed E-state index contributed by atoms with van der Waals surface area (Å²) in [6.45, 7) is 3.76. The van der Waals surface area contributed by atoms with Crippen molar-refractivity contribution in [2.75, 3.05) is 33.0 Å². The molecule has 1 saturated heterocycles. The number of hydrogen-bond donors (Lipinski definition) is 1. The van der Waals surface area contributed by atoms with Crippen molar-refractivity contribution in [1.29, 1.82) is 0 Å². The molecule has 4 heterocycles. The third-order valence-electron chi connectivity index (χ3n) is 6.37. The number of piperazine rings is 1. The number of carbonyl (C=O) groups excluding carboxylic acids is 1. The van der Waals surface area contributed by atoms with Crippen LogP contribution in [-0.4, -0.2) is 63.4 Å². The van der Waals surface area contributed by atoms with E-state index < -0.39 is 0 Å². The fourth-order valence-corrected chi connectivity index (χ4v) is 4.57. The van der Waals surface area contributed by atoms with Gasteiger partial charge in [-0.3, -0.25) is 14.5 Å². The number of para-hydroxylation sites is 1. The highest BCUT2D eigenvalue weighted by Crippen LogP contribution is 2.32. The first kappa shape index (κ1) is 19.8. The van der Waals surface area contributed by atoms with Crippen molar-refractivity contribution in [3.05, 3.63) is 64.6 Å². The van der Waals surface area contributed by atoms with Crippen LogP contribution in [0.5, 0.6) is 11.5 Å². The van der Waals surface area contributed by atoms with E-state index in [0.29, 0.717) is 18.6 Å². The minimum absolute atomic E-state index is 0.0632. The van der Waals surface area contributed by atoms with Crippen LogP contribution in [0.15, 0.2) is 53.5 Å². The Morgan fingerprint density at radius 2 is 1.82 bits per heavy atom. The topological polar surface area (TPSA) is 92.7 Å². The van der Waals surface area contributed by atoms with Crippen LogP contribution in [0.1, 0.15) is 5.56 Å². The molecule has 0 saturated carbocycles. The predicted molar refractivity (Wildman–Crippen MR) is 122 cm³/mol. The van der Waals surface area contributed by atoms with Crippen LogP contribution in [0.25, 0.3) is 21.8 Å². The van der Waals surface area contributed by atoms with Gasteiger partial charge in [-0.15, -0.1) is 0 Å². The number of rotatable bonds is 4. The maximum Gasteiger partial charge on any atom is 0.291 e. The van der Waals surface area contributed by atoms with Crippen molar-refractivity contribution in [2.24, 2.45) is 0 Å². The summed E-state index contributed by atoms with van der Waals surface area (Å²) in [7, 11) is 0. The van der Waals surface area contributed by atoms with Gasteiger partial charge in [-0.05, 0) is 23.8 Å². The highest BCUT2D eigenvalue weighted by molar-refractivity contribution is 6.06. The Balaban J connectivity index is 1.11. The van der Waals surface area contributed by atoms with Crippen LogP contribution in [-0.2, 0) is 17.9 Å². The minimum Gasteiger partial charge on any atom is -0.454 e. The van der Waals surface area contributed by atoms with Gasteiger partial charge in [0.05, 0.1) is 6.20 Å².